The zero-order chi connectivity index (χ0) is 34.1. The van der Waals surface area contributed by atoms with E-state index in [0.717, 1.165) is 21.0 Å². The summed E-state index contributed by atoms with van der Waals surface area (Å²) in [6, 6.07) is 25.4. The molecule has 47 heavy (non-hydrogen) atoms. The van der Waals surface area contributed by atoms with Gasteiger partial charge >= 0.3 is 0 Å². The number of halogens is 1. The molecular formula is C37H42FN3O5S. The molecule has 248 valence electrons. The van der Waals surface area contributed by atoms with Crippen LogP contribution < -0.4 is 14.4 Å². The Morgan fingerprint density at radius 1 is 0.894 bits per heavy atom. The summed E-state index contributed by atoms with van der Waals surface area (Å²) in [5.41, 5.74) is 2.75. The average Bonchev–Trinajstić information content (AvgIpc) is 3.06. The minimum Gasteiger partial charge on any atom is -0.495 e. The van der Waals surface area contributed by atoms with E-state index in [2.05, 4.69) is 5.32 Å². The summed E-state index contributed by atoms with van der Waals surface area (Å²) >= 11 is 0. The van der Waals surface area contributed by atoms with Gasteiger partial charge in [0.05, 0.1) is 17.7 Å². The van der Waals surface area contributed by atoms with Gasteiger partial charge in [0.1, 0.15) is 24.2 Å². The largest absolute Gasteiger partial charge is 0.495 e. The first-order valence-corrected chi connectivity index (χ1v) is 17.0. The molecule has 8 nitrogen and oxygen atoms in total. The number of rotatable bonds is 14. The molecule has 0 radical (unpaired) electrons. The second-order valence-electron chi connectivity index (χ2n) is 11.6. The molecule has 0 heterocycles. The summed E-state index contributed by atoms with van der Waals surface area (Å²) in [4.78, 5) is 29.8. The number of amides is 2. The number of aryl methyl sites for hydroxylation is 2. The molecule has 0 saturated carbocycles. The molecule has 1 N–H and O–H groups in total. The first-order valence-electron chi connectivity index (χ1n) is 15.6. The number of carbonyl (C=O) groups is 2. The Morgan fingerprint density at radius 2 is 1.53 bits per heavy atom. The van der Waals surface area contributed by atoms with Crippen molar-refractivity contribution < 1.29 is 27.1 Å². The SMILES string of the molecule is CC[C@@H](C)NC(=O)[C@H](Cc1ccccc1)N(Cc1ccccc1F)C(=O)CN(c1cc(C)ccc1OC)S(=O)(=O)c1ccc(C)cc1. The fourth-order valence-electron chi connectivity index (χ4n) is 5.15. The Hall–Kier alpha value is -4.70. The van der Waals surface area contributed by atoms with E-state index in [0.29, 0.717) is 6.42 Å². The summed E-state index contributed by atoms with van der Waals surface area (Å²) in [7, 11) is -2.90. The van der Waals surface area contributed by atoms with Gasteiger partial charge in [0.25, 0.3) is 10.0 Å². The fourth-order valence-corrected chi connectivity index (χ4v) is 6.57. The normalized spacial score (nSPS) is 12.6. The molecule has 0 aromatic heterocycles. The number of nitrogens with zero attached hydrogens (tertiary/aromatic N) is 2. The molecule has 4 rings (SSSR count). The van der Waals surface area contributed by atoms with Crippen molar-refractivity contribution in [2.45, 2.75) is 64.1 Å². The van der Waals surface area contributed by atoms with Crippen LogP contribution in [0.3, 0.4) is 0 Å². The first kappa shape index (κ1) is 35.2. The highest BCUT2D eigenvalue weighted by atomic mass is 32.2. The first-order chi connectivity index (χ1) is 22.4. The highest BCUT2D eigenvalue weighted by molar-refractivity contribution is 7.92. The van der Waals surface area contributed by atoms with Gasteiger partial charge < -0.3 is 15.0 Å². The van der Waals surface area contributed by atoms with Crippen molar-refractivity contribution in [2.24, 2.45) is 0 Å². The number of methoxy groups -OCH3 is 1. The zero-order valence-corrected chi connectivity index (χ0v) is 28.3. The predicted molar refractivity (Wildman–Crippen MR) is 182 cm³/mol. The van der Waals surface area contributed by atoms with E-state index in [1.807, 2.05) is 51.1 Å². The van der Waals surface area contributed by atoms with Crippen LogP contribution in [0.4, 0.5) is 10.1 Å². The third-order valence-corrected chi connectivity index (χ3v) is 9.84. The van der Waals surface area contributed by atoms with E-state index in [1.165, 1.54) is 30.2 Å². The Morgan fingerprint density at radius 3 is 2.17 bits per heavy atom. The molecule has 10 heteroatoms. The lowest BCUT2D eigenvalue weighted by atomic mass is 10.0. The van der Waals surface area contributed by atoms with Gasteiger partial charge in [-0.1, -0.05) is 79.2 Å². The Bertz CT molecular complexity index is 1780. The van der Waals surface area contributed by atoms with Gasteiger partial charge in [-0.3, -0.25) is 13.9 Å². The van der Waals surface area contributed by atoms with Crippen LogP contribution in [0.25, 0.3) is 0 Å². The second-order valence-corrected chi connectivity index (χ2v) is 13.5. The van der Waals surface area contributed by atoms with E-state index in [-0.39, 0.29) is 40.9 Å². The average molecular weight is 660 g/mol. The predicted octanol–water partition coefficient (Wildman–Crippen LogP) is 6.20. The summed E-state index contributed by atoms with van der Waals surface area (Å²) in [5.74, 6) is -1.41. The molecule has 0 unspecified atom stereocenters. The number of ether oxygens (including phenoxy) is 1. The molecule has 0 aliphatic rings. The van der Waals surface area contributed by atoms with Gasteiger partial charge in [0.15, 0.2) is 0 Å². The summed E-state index contributed by atoms with van der Waals surface area (Å²) in [6.45, 7) is 6.51. The zero-order valence-electron chi connectivity index (χ0n) is 27.4. The topological polar surface area (TPSA) is 96.0 Å². The van der Waals surface area contributed by atoms with Crippen molar-refractivity contribution in [3.63, 3.8) is 0 Å². The van der Waals surface area contributed by atoms with Gasteiger partial charge in [-0.05, 0) is 68.7 Å². The molecular weight excluding hydrogens is 617 g/mol. The molecule has 0 fully saturated rings. The van der Waals surface area contributed by atoms with E-state index in [4.69, 9.17) is 4.74 Å². The van der Waals surface area contributed by atoms with Crippen LogP contribution in [0.1, 0.15) is 42.5 Å². The molecule has 0 spiro atoms. The van der Waals surface area contributed by atoms with Crippen LogP contribution in [0, 0.1) is 19.7 Å². The van der Waals surface area contributed by atoms with E-state index in [9.17, 15) is 18.0 Å². The van der Waals surface area contributed by atoms with E-state index < -0.39 is 40.2 Å². The molecule has 0 aliphatic carbocycles. The quantitative estimate of drug-likeness (QED) is 0.174. The van der Waals surface area contributed by atoms with Crippen molar-refractivity contribution in [2.75, 3.05) is 18.0 Å². The standard InChI is InChI=1S/C37H42FN3O5S/c1-6-28(4)39-37(43)34(23-29-12-8-7-9-13-29)40(24-30-14-10-11-15-32(30)38)36(42)25-41(33-22-27(3)18-21-35(33)46-5)47(44,45)31-19-16-26(2)17-20-31/h7-22,28,34H,6,23-25H2,1-5H3,(H,39,43)/t28-,34+/m1/s1. The minimum absolute atomic E-state index is 0.0181. The van der Waals surface area contributed by atoms with Crippen LogP contribution in [0.5, 0.6) is 5.75 Å². The van der Waals surface area contributed by atoms with Crippen molar-refractivity contribution in [1.82, 2.24) is 10.2 Å². The van der Waals surface area contributed by atoms with Crippen molar-refractivity contribution in [1.29, 1.82) is 0 Å². The summed E-state index contributed by atoms with van der Waals surface area (Å²) in [6.07, 6.45) is 0.780. The number of anilines is 1. The molecule has 4 aromatic rings. The third-order valence-electron chi connectivity index (χ3n) is 8.06. The maximum absolute atomic E-state index is 15.1. The van der Waals surface area contributed by atoms with Gasteiger partial charge in [0.2, 0.25) is 11.8 Å². The Labute approximate surface area is 277 Å². The number of hydrogen-bond donors (Lipinski definition) is 1. The molecule has 4 aromatic carbocycles. The van der Waals surface area contributed by atoms with E-state index in [1.54, 1.807) is 55.5 Å². The maximum atomic E-state index is 15.1. The van der Waals surface area contributed by atoms with Crippen LogP contribution in [-0.4, -0.2) is 50.9 Å². The second kappa shape index (κ2) is 15.7. The molecule has 0 saturated heterocycles. The summed E-state index contributed by atoms with van der Waals surface area (Å²) < 4.78 is 50.4. The molecule has 2 atom stereocenters. The lowest BCUT2D eigenvalue weighted by Gasteiger charge is -2.34. The van der Waals surface area contributed by atoms with Gasteiger partial charge in [0, 0.05) is 24.6 Å². The highest BCUT2D eigenvalue weighted by Gasteiger charge is 2.36. The smallest absolute Gasteiger partial charge is 0.264 e. The number of benzene rings is 4. The van der Waals surface area contributed by atoms with Crippen LogP contribution in [0.15, 0.2) is 102 Å². The Kier molecular flexibility index (Phi) is 11.8. The summed E-state index contributed by atoms with van der Waals surface area (Å²) in [5, 5.41) is 2.98. The van der Waals surface area contributed by atoms with Gasteiger partial charge in [-0.25, -0.2) is 12.8 Å². The number of hydrogen-bond acceptors (Lipinski definition) is 5. The van der Waals surface area contributed by atoms with Crippen molar-refractivity contribution >= 4 is 27.5 Å². The number of sulfonamides is 1. The van der Waals surface area contributed by atoms with Gasteiger partial charge in [-0.15, -0.1) is 0 Å². The number of nitrogens with one attached hydrogen (secondary N) is 1. The molecule has 2 amide bonds. The molecule has 0 aliphatic heterocycles. The highest BCUT2D eigenvalue weighted by Crippen LogP contribution is 2.34. The number of carbonyl (C=O) groups excluding carboxylic acids is 2. The van der Waals surface area contributed by atoms with Crippen LogP contribution >= 0.6 is 0 Å². The van der Waals surface area contributed by atoms with Crippen LogP contribution in [0.2, 0.25) is 0 Å². The van der Waals surface area contributed by atoms with Gasteiger partial charge in [-0.2, -0.15) is 0 Å². The van der Waals surface area contributed by atoms with Crippen molar-refractivity contribution in [3.05, 3.63) is 125 Å². The van der Waals surface area contributed by atoms with Crippen molar-refractivity contribution in [3.8, 4) is 5.75 Å². The lowest BCUT2D eigenvalue weighted by molar-refractivity contribution is -0.140. The monoisotopic (exact) mass is 659 g/mol. The van der Waals surface area contributed by atoms with Crippen LogP contribution in [-0.2, 0) is 32.6 Å². The maximum Gasteiger partial charge on any atom is 0.264 e. The van der Waals surface area contributed by atoms with E-state index >= 15 is 4.39 Å². The fraction of sp³-hybridized carbons (Fsp3) is 0.297. The Balaban J connectivity index is 1.87. The minimum atomic E-state index is -4.33. The third kappa shape index (κ3) is 8.77. The lowest BCUT2D eigenvalue weighted by Crippen LogP contribution is -2.54. The molecule has 0 bridgehead atoms.